The molecule has 2 amide bonds. The van der Waals surface area contributed by atoms with Gasteiger partial charge in [-0.15, -0.1) is 0 Å². The largest absolute Gasteiger partial charge is 0.489 e. The molecule has 7 heteroatoms. The van der Waals surface area contributed by atoms with Crippen molar-refractivity contribution in [2.24, 2.45) is 0 Å². The molecule has 1 aliphatic rings. The van der Waals surface area contributed by atoms with Gasteiger partial charge in [0.05, 0.1) is 4.91 Å². The van der Waals surface area contributed by atoms with Crippen molar-refractivity contribution in [1.82, 2.24) is 10.4 Å². The third-order valence-electron chi connectivity index (χ3n) is 5.92. The third-order valence-corrected chi connectivity index (χ3v) is 7.22. The van der Waals surface area contributed by atoms with Crippen LogP contribution >= 0.6 is 24.0 Å². The Hall–Kier alpha value is -3.42. The molecule has 1 N–H and O–H groups in total. The number of thiocarbonyl (C=S) groups is 1. The summed E-state index contributed by atoms with van der Waals surface area (Å²) in [5.41, 5.74) is 9.67. The lowest BCUT2D eigenvalue weighted by Crippen LogP contribution is -2.45. The van der Waals surface area contributed by atoms with Gasteiger partial charge in [0, 0.05) is 5.56 Å². The summed E-state index contributed by atoms with van der Waals surface area (Å²) in [7, 11) is 0. The number of benzene rings is 3. The lowest BCUT2D eigenvalue weighted by Gasteiger charge is -2.16. The topological polar surface area (TPSA) is 58.6 Å². The summed E-state index contributed by atoms with van der Waals surface area (Å²) in [6.07, 6.45) is 1.76. The Kier molecular flexibility index (Phi) is 7.38. The van der Waals surface area contributed by atoms with Gasteiger partial charge in [-0.25, -0.2) is 0 Å². The number of carbonyl (C=O) groups excluding carboxylic acids is 2. The molecule has 178 valence electrons. The van der Waals surface area contributed by atoms with E-state index < -0.39 is 0 Å². The fraction of sp³-hybridized carbons (Fsp3) is 0.179. The quantitative estimate of drug-likeness (QED) is 0.329. The molecule has 3 aromatic carbocycles. The normalized spacial score (nSPS) is 14.5. The zero-order valence-electron chi connectivity index (χ0n) is 20.0. The molecule has 1 saturated heterocycles. The van der Waals surface area contributed by atoms with E-state index in [1.54, 1.807) is 18.2 Å². The molecular formula is C28H26N2O3S2. The average Bonchev–Trinajstić information content (AvgIpc) is 3.09. The van der Waals surface area contributed by atoms with Crippen molar-refractivity contribution < 1.29 is 14.3 Å². The second-order valence-electron chi connectivity index (χ2n) is 8.49. The Morgan fingerprint density at radius 1 is 0.971 bits per heavy atom. The minimum atomic E-state index is -0.374. The third kappa shape index (κ3) is 5.63. The summed E-state index contributed by atoms with van der Waals surface area (Å²) in [4.78, 5) is 26.0. The van der Waals surface area contributed by atoms with Crippen LogP contribution in [0.25, 0.3) is 6.08 Å². The molecule has 0 saturated carbocycles. The Morgan fingerprint density at radius 3 is 2.37 bits per heavy atom. The smallest absolute Gasteiger partial charge is 0.285 e. The van der Waals surface area contributed by atoms with Crippen LogP contribution in [-0.4, -0.2) is 21.1 Å². The number of ether oxygens (including phenoxy) is 1. The van der Waals surface area contributed by atoms with Gasteiger partial charge in [-0.2, -0.15) is 5.01 Å². The van der Waals surface area contributed by atoms with Gasteiger partial charge in [-0.1, -0.05) is 54.2 Å². The first-order valence-corrected chi connectivity index (χ1v) is 12.4. The number of hydrogen-bond donors (Lipinski definition) is 1. The molecule has 35 heavy (non-hydrogen) atoms. The Bertz CT molecular complexity index is 1350. The fourth-order valence-electron chi connectivity index (χ4n) is 3.70. The summed E-state index contributed by atoms with van der Waals surface area (Å²) in [6.45, 7) is 8.64. The van der Waals surface area contributed by atoms with E-state index in [2.05, 4.69) is 38.3 Å². The monoisotopic (exact) mass is 502 g/mol. The average molecular weight is 503 g/mol. The van der Waals surface area contributed by atoms with Gasteiger partial charge in [0.15, 0.2) is 4.32 Å². The van der Waals surface area contributed by atoms with E-state index in [1.165, 1.54) is 16.7 Å². The maximum Gasteiger partial charge on any atom is 0.285 e. The highest BCUT2D eigenvalue weighted by Gasteiger charge is 2.34. The van der Waals surface area contributed by atoms with Gasteiger partial charge in [-0.05, 0) is 97.6 Å². The molecule has 5 nitrogen and oxygen atoms in total. The van der Waals surface area contributed by atoms with Crippen LogP contribution in [0.4, 0.5) is 0 Å². The van der Waals surface area contributed by atoms with E-state index in [1.807, 2.05) is 43.3 Å². The SMILES string of the molecule is Cc1cc(C)c(COc2ccc(/C=C3/SC(=S)N(NC(=O)c4ccccc4C)C3=O)cc2)cc1C. The lowest BCUT2D eigenvalue weighted by molar-refractivity contribution is -0.123. The molecule has 1 aliphatic heterocycles. The first-order valence-electron chi connectivity index (χ1n) is 11.2. The number of amides is 2. The van der Waals surface area contributed by atoms with Crippen LogP contribution in [0.15, 0.2) is 65.6 Å². The number of rotatable bonds is 6. The second-order valence-corrected chi connectivity index (χ2v) is 10.2. The van der Waals surface area contributed by atoms with Gasteiger partial charge in [0.25, 0.3) is 11.8 Å². The van der Waals surface area contributed by atoms with Crippen LogP contribution in [-0.2, 0) is 11.4 Å². The Balaban J connectivity index is 1.41. The first kappa shape index (κ1) is 24.7. The number of thioether (sulfide) groups is 1. The van der Waals surface area contributed by atoms with Crippen molar-refractivity contribution in [2.45, 2.75) is 34.3 Å². The van der Waals surface area contributed by atoms with Gasteiger partial charge in [-0.3, -0.25) is 15.0 Å². The predicted octanol–water partition coefficient (Wildman–Crippen LogP) is 6.05. The number of hydrazine groups is 1. The Labute approximate surface area is 215 Å². The predicted molar refractivity (Wildman–Crippen MR) is 145 cm³/mol. The first-order chi connectivity index (χ1) is 16.7. The summed E-state index contributed by atoms with van der Waals surface area (Å²) in [5, 5.41) is 1.13. The lowest BCUT2D eigenvalue weighted by atomic mass is 10.0. The van der Waals surface area contributed by atoms with E-state index in [-0.39, 0.29) is 16.1 Å². The number of aryl methyl sites for hydroxylation is 4. The van der Waals surface area contributed by atoms with Crippen LogP contribution in [0.2, 0.25) is 0 Å². The van der Waals surface area contributed by atoms with Crippen LogP contribution in [0.3, 0.4) is 0 Å². The van der Waals surface area contributed by atoms with Gasteiger partial charge < -0.3 is 4.74 Å². The number of nitrogens with zero attached hydrogens (tertiary/aromatic N) is 1. The van der Waals surface area contributed by atoms with E-state index in [0.29, 0.717) is 17.1 Å². The maximum absolute atomic E-state index is 12.9. The maximum atomic E-state index is 12.9. The number of carbonyl (C=O) groups is 2. The second kappa shape index (κ2) is 10.5. The molecule has 0 radical (unpaired) electrons. The molecule has 0 unspecified atom stereocenters. The van der Waals surface area contributed by atoms with Gasteiger partial charge in [0.1, 0.15) is 12.4 Å². The van der Waals surface area contributed by atoms with E-state index >= 15 is 0 Å². The summed E-state index contributed by atoms with van der Waals surface area (Å²) >= 11 is 6.49. The molecule has 0 aliphatic carbocycles. The van der Waals surface area contributed by atoms with E-state index in [4.69, 9.17) is 17.0 Å². The molecule has 1 heterocycles. The highest BCUT2D eigenvalue weighted by atomic mass is 32.2. The van der Waals surface area contributed by atoms with Gasteiger partial charge >= 0.3 is 0 Å². The van der Waals surface area contributed by atoms with Crippen LogP contribution in [0, 0.1) is 27.7 Å². The molecule has 3 aromatic rings. The Morgan fingerprint density at radius 2 is 1.66 bits per heavy atom. The van der Waals surface area contributed by atoms with Crippen molar-refractivity contribution in [3.05, 3.63) is 105 Å². The summed E-state index contributed by atoms with van der Waals surface area (Å²) in [5.74, 6) is 0.0199. The molecule has 1 fully saturated rings. The zero-order chi connectivity index (χ0) is 25.1. The highest BCUT2D eigenvalue weighted by Crippen LogP contribution is 2.32. The standard InChI is InChI=1S/C28H26N2O3S2/c1-17-7-5-6-8-24(17)26(31)29-30-27(32)25(35-28(30)34)15-21-9-11-23(12-10-21)33-16-22-14-19(3)18(2)13-20(22)4/h5-15H,16H2,1-4H3,(H,29,31)/b25-15+. The van der Waals surface area contributed by atoms with Crippen molar-refractivity contribution in [3.8, 4) is 5.75 Å². The van der Waals surface area contributed by atoms with Crippen molar-refractivity contribution in [2.75, 3.05) is 0 Å². The summed E-state index contributed by atoms with van der Waals surface area (Å²) < 4.78 is 6.26. The molecule has 4 rings (SSSR count). The van der Waals surface area contributed by atoms with Gasteiger partial charge in [0.2, 0.25) is 0 Å². The highest BCUT2D eigenvalue weighted by molar-refractivity contribution is 8.26. The van der Waals surface area contributed by atoms with Crippen molar-refractivity contribution in [1.29, 1.82) is 0 Å². The molecule has 0 bridgehead atoms. The molecular weight excluding hydrogens is 476 g/mol. The fourth-order valence-corrected chi connectivity index (χ4v) is 4.88. The van der Waals surface area contributed by atoms with Crippen LogP contribution in [0.5, 0.6) is 5.75 Å². The minimum absolute atomic E-state index is 0.284. The molecule has 0 atom stereocenters. The number of hydrogen-bond acceptors (Lipinski definition) is 5. The minimum Gasteiger partial charge on any atom is -0.489 e. The number of nitrogens with one attached hydrogen (secondary N) is 1. The summed E-state index contributed by atoms with van der Waals surface area (Å²) in [6, 6.07) is 19.1. The molecule has 0 aromatic heterocycles. The van der Waals surface area contributed by atoms with E-state index in [9.17, 15) is 9.59 Å². The van der Waals surface area contributed by atoms with Crippen molar-refractivity contribution in [3.63, 3.8) is 0 Å². The van der Waals surface area contributed by atoms with E-state index in [0.717, 1.165) is 39.2 Å². The molecule has 0 spiro atoms. The van der Waals surface area contributed by atoms with Crippen molar-refractivity contribution >= 4 is 46.2 Å². The van der Waals surface area contributed by atoms with Crippen LogP contribution in [0.1, 0.15) is 43.7 Å². The van der Waals surface area contributed by atoms with Crippen LogP contribution < -0.4 is 10.2 Å². The zero-order valence-corrected chi connectivity index (χ0v) is 21.7.